The average molecular weight is 258 g/mol. The smallest absolute Gasteiger partial charge is 0.0159 e. The number of hydrogen-bond donors (Lipinski definition) is 0. The van der Waals surface area contributed by atoms with Gasteiger partial charge in [-0.1, -0.05) is 62.4 Å². The first-order valence-corrected chi connectivity index (χ1v) is 7.23. The van der Waals surface area contributed by atoms with Crippen molar-refractivity contribution in [2.75, 3.05) is 0 Å². The summed E-state index contributed by atoms with van der Waals surface area (Å²) in [5.41, 5.74) is 10.1. The molecule has 2 aromatic rings. The van der Waals surface area contributed by atoms with Crippen molar-refractivity contribution in [2.45, 2.75) is 26.2 Å². The minimum atomic E-state index is 0.148. The predicted octanol–water partition coefficient (Wildman–Crippen LogP) is 5.36. The molecule has 0 amide bonds. The van der Waals surface area contributed by atoms with Crippen LogP contribution in [0, 0.1) is 0 Å². The van der Waals surface area contributed by atoms with Crippen molar-refractivity contribution in [1.29, 1.82) is 0 Å². The molecule has 2 aromatic carbocycles. The molecule has 0 saturated heterocycles. The fraction of sp³-hybridized carbons (Fsp3) is 0.200. The Bertz CT molecular complexity index is 771. The van der Waals surface area contributed by atoms with Crippen LogP contribution in [-0.2, 0) is 5.41 Å². The second kappa shape index (κ2) is 3.73. The number of rotatable bonds is 1. The van der Waals surface area contributed by atoms with Crippen molar-refractivity contribution in [1.82, 2.24) is 0 Å². The van der Waals surface area contributed by atoms with Crippen molar-refractivity contribution in [3.05, 3.63) is 76.9 Å². The van der Waals surface area contributed by atoms with Crippen molar-refractivity contribution in [3.63, 3.8) is 0 Å². The lowest BCUT2D eigenvalue weighted by atomic mass is 9.77. The van der Waals surface area contributed by atoms with Gasteiger partial charge in [0, 0.05) is 5.41 Å². The summed E-state index contributed by atoms with van der Waals surface area (Å²) in [4.78, 5) is 0. The molecule has 0 heterocycles. The first-order chi connectivity index (χ1) is 9.59. The molecule has 0 N–H and O–H groups in total. The minimum Gasteiger partial charge on any atom is -0.0622 e. The molecule has 0 heteroatoms. The van der Waals surface area contributed by atoms with E-state index >= 15 is 0 Å². The van der Waals surface area contributed by atoms with Gasteiger partial charge in [-0.15, -0.1) is 0 Å². The molecule has 0 saturated carbocycles. The Balaban J connectivity index is 1.88. The Morgan fingerprint density at radius 3 is 2.30 bits per heavy atom. The molecule has 0 fully saturated rings. The number of fused-ring (bicyclic) bond motifs is 2. The maximum absolute atomic E-state index is 2.38. The van der Waals surface area contributed by atoms with Gasteiger partial charge in [-0.2, -0.15) is 0 Å². The lowest BCUT2D eigenvalue weighted by molar-refractivity contribution is 0.651. The molecule has 0 atom stereocenters. The van der Waals surface area contributed by atoms with Gasteiger partial charge in [0.25, 0.3) is 0 Å². The summed E-state index contributed by atoms with van der Waals surface area (Å²) in [5, 5.41) is 0. The van der Waals surface area contributed by atoms with Crippen LogP contribution in [0.3, 0.4) is 0 Å². The van der Waals surface area contributed by atoms with Crippen molar-refractivity contribution >= 4 is 5.57 Å². The summed E-state index contributed by atoms with van der Waals surface area (Å²) in [6, 6.07) is 17.6. The normalized spacial score (nSPS) is 18.2. The van der Waals surface area contributed by atoms with E-state index in [1.165, 1.54) is 39.0 Å². The highest BCUT2D eigenvalue weighted by atomic mass is 14.4. The van der Waals surface area contributed by atoms with E-state index in [4.69, 9.17) is 0 Å². The van der Waals surface area contributed by atoms with E-state index in [0.717, 1.165) is 0 Å². The van der Waals surface area contributed by atoms with Crippen molar-refractivity contribution in [2.24, 2.45) is 0 Å². The zero-order valence-electron chi connectivity index (χ0n) is 12.2. The largest absolute Gasteiger partial charge is 0.0622 e. The Hall–Kier alpha value is -2.08. The molecular formula is C20H18. The van der Waals surface area contributed by atoms with E-state index in [-0.39, 0.29) is 5.41 Å². The van der Waals surface area contributed by atoms with Gasteiger partial charge in [-0.3, -0.25) is 0 Å². The van der Waals surface area contributed by atoms with Gasteiger partial charge in [0.2, 0.25) is 0 Å². The molecule has 0 nitrogen and oxygen atoms in total. The zero-order valence-corrected chi connectivity index (χ0v) is 12.2. The second-order valence-corrected chi connectivity index (χ2v) is 6.37. The Morgan fingerprint density at radius 2 is 1.60 bits per heavy atom. The average Bonchev–Trinajstić information content (AvgIpc) is 2.63. The zero-order chi connectivity index (χ0) is 13.9. The first-order valence-electron chi connectivity index (χ1n) is 7.23. The standard InChI is InChI=1S/C20H18/c1-13-11-18-19(13)16-10-9-15(12-17(16)20(18,2)3)14-7-5-4-6-8-14/h4-12H,1-3H3. The van der Waals surface area contributed by atoms with Gasteiger partial charge < -0.3 is 0 Å². The summed E-state index contributed by atoms with van der Waals surface area (Å²) in [6.07, 6.45) is 2.34. The molecule has 0 radical (unpaired) electrons. The first kappa shape index (κ1) is 11.7. The van der Waals surface area contributed by atoms with Gasteiger partial charge in [0.1, 0.15) is 0 Å². The maximum Gasteiger partial charge on any atom is 0.0159 e. The van der Waals surface area contributed by atoms with Crippen LogP contribution in [-0.4, -0.2) is 0 Å². The second-order valence-electron chi connectivity index (χ2n) is 6.37. The van der Waals surface area contributed by atoms with E-state index in [0.29, 0.717) is 0 Å². The van der Waals surface area contributed by atoms with Crippen LogP contribution in [0.4, 0.5) is 0 Å². The lowest BCUT2D eigenvalue weighted by Crippen LogP contribution is -2.18. The monoisotopic (exact) mass is 258 g/mol. The van der Waals surface area contributed by atoms with Crippen LogP contribution < -0.4 is 0 Å². The third kappa shape index (κ3) is 1.37. The number of allylic oxidation sites excluding steroid dienone is 4. The van der Waals surface area contributed by atoms with Gasteiger partial charge in [0.15, 0.2) is 0 Å². The third-order valence-electron chi connectivity index (χ3n) is 4.77. The molecule has 0 aliphatic heterocycles. The van der Waals surface area contributed by atoms with Crippen LogP contribution in [0.25, 0.3) is 16.7 Å². The van der Waals surface area contributed by atoms with Crippen LogP contribution in [0.1, 0.15) is 31.9 Å². The summed E-state index contributed by atoms with van der Waals surface area (Å²) in [6.45, 7) is 6.90. The molecule has 98 valence electrons. The van der Waals surface area contributed by atoms with Crippen molar-refractivity contribution in [3.8, 4) is 11.1 Å². The third-order valence-corrected chi connectivity index (χ3v) is 4.77. The Labute approximate surface area is 120 Å². The Morgan fingerprint density at radius 1 is 0.850 bits per heavy atom. The van der Waals surface area contributed by atoms with E-state index in [1.807, 2.05) is 0 Å². The van der Waals surface area contributed by atoms with Gasteiger partial charge >= 0.3 is 0 Å². The van der Waals surface area contributed by atoms with E-state index < -0.39 is 0 Å². The lowest BCUT2D eigenvalue weighted by Gasteiger charge is -2.26. The molecule has 0 spiro atoms. The van der Waals surface area contributed by atoms with Crippen molar-refractivity contribution < 1.29 is 0 Å². The van der Waals surface area contributed by atoms with Crippen LogP contribution in [0.15, 0.2) is 65.8 Å². The highest BCUT2D eigenvalue weighted by Crippen LogP contribution is 2.54. The molecular weight excluding hydrogens is 240 g/mol. The fourth-order valence-corrected chi connectivity index (χ4v) is 3.58. The highest BCUT2D eigenvalue weighted by Gasteiger charge is 2.40. The topological polar surface area (TPSA) is 0 Å². The molecule has 20 heavy (non-hydrogen) atoms. The molecule has 0 bridgehead atoms. The maximum atomic E-state index is 2.38. The minimum absolute atomic E-state index is 0.148. The predicted molar refractivity (Wildman–Crippen MR) is 85.6 cm³/mol. The summed E-state index contributed by atoms with van der Waals surface area (Å²) in [5.74, 6) is 0. The van der Waals surface area contributed by atoms with Gasteiger partial charge in [0.05, 0.1) is 0 Å². The molecule has 2 aliphatic carbocycles. The summed E-state index contributed by atoms with van der Waals surface area (Å²) < 4.78 is 0. The van der Waals surface area contributed by atoms with Crippen LogP contribution in [0.5, 0.6) is 0 Å². The summed E-state index contributed by atoms with van der Waals surface area (Å²) >= 11 is 0. The summed E-state index contributed by atoms with van der Waals surface area (Å²) in [7, 11) is 0. The molecule has 0 unspecified atom stereocenters. The quantitative estimate of drug-likeness (QED) is 0.646. The number of hydrogen-bond acceptors (Lipinski definition) is 0. The molecule has 4 rings (SSSR count). The van der Waals surface area contributed by atoms with Crippen LogP contribution >= 0.6 is 0 Å². The highest BCUT2D eigenvalue weighted by molar-refractivity contribution is 5.97. The van der Waals surface area contributed by atoms with E-state index in [2.05, 4.69) is 75.4 Å². The van der Waals surface area contributed by atoms with Crippen LogP contribution in [0.2, 0.25) is 0 Å². The molecule has 2 aliphatic rings. The fourth-order valence-electron chi connectivity index (χ4n) is 3.58. The number of benzene rings is 2. The van der Waals surface area contributed by atoms with E-state index in [1.54, 1.807) is 0 Å². The van der Waals surface area contributed by atoms with Gasteiger partial charge in [-0.05, 0) is 52.0 Å². The SMILES string of the molecule is CC1=CC2=C1c1ccc(-c3ccccc3)cc1C2(C)C. The molecule has 0 aromatic heterocycles. The van der Waals surface area contributed by atoms with E-state index in [9.17, 15) is 0 Å². The van der Waals surface area contributed by atoms with Gasteiger partial charge in [-0.25, -0.2) is 0 Å². The Kier molecular flexibility index (Phi) is 2.18.